The Hall–Kier alpha value is -0.170. The minimum atomic E-state index is -3.05. The zero-order valence-corrected chi connectivity index (χ0v) is 12.5. The highest BCUT2D eigenvalue weighted by atomic mass is 32.2. The molecule has 1 rings (SSSR count). The molecular formula is C12H26N2O3S. The molecule has 0 aromatic carbocycles. The molecule has 1 aliphatic rings. The van der Waals surface area contributed by atoms with Crippen molar-refractivity contribution in [3.05, 3.63) is 0 Å². The Morgan fingerprint density at radius 2 is 2.11 bits per heavy atom. The third-order valence-corrected chi connectivity index (χ3v) is 4.69. The van der Waals surface area contributed by atoms with E-state index in [0.717, 1.165) is 25.9 Å². The molecule has 0 aromatic rings. The number of nitrogens with zero attached hydrogens (tertiary/aromatic N) is 1. The number of nitrogens with one attached hydrogen (secondary N) is 1. The van der Waals surface area contributed by atoms with Crippen molar-refractivity contribution >= 4 is 10.0 Å². The molecule has 0 aliphatic carbocycles. The summed E-state index contributed by atoms with van der Waals surface area (Å²) in [4.78, 5) is 0. The van der Waals surface area contributed by atoms with Crippen molar-refractivity contribution in [2.75, 3.05) is 39.0 Å². The number of sulfonamides is 1. The van der Waals surface area contributed by atoms with Crippen molar-refractivity contribution in [3.8, 4) is 0 Å². The first kappa shape index (κ1) is 15.9. The van der Waals surface area contributed by atoms with E-state index in [0.29, 0.717) is 19.0 Å². The molecule has 1 saturated heterocycles. The van der Waals surface area contributed by atoms with Crippen LogP contribution in [-0.4, -0.2) is 56.9 Å². The highest BCUT2D eigenvalue weighted by molar-refractivity contribution is 7.88. The Bertz CT molecular complexity index is 354. The van der Waals surface area contributed by atoms with Crippen molar-refractivity contribution < 1.29 is 13.5 Å². The summed E-state index contributed by atoms with van der Waals surface area (Å²) in [6, 6.07) is 0. The van der Waals surface area contributed by atoms with Crippen LogP contribution in [-0.2, 0) is 10.0 Å². The molecule has 6 heteroatoms. The lowest BCUT2D eigenvalue weighted by atomic mass is 9.94. The molecule has 1 fully saturated rings. The number of hydrogen-bond donors (Lipinski definition) is 2. The second kappa shape index (κ2) is 6.32. The van der Waals surface area contributed by atoms with E-state index in [9.17, 15) is 8.42 Å². The zero-order chi connectivity index (χ0) is 13.8. The van der Waals surface area contributed by atoms with Crippen LogP contribution in [0.15, 0.2) is 0 Å². The van der Waals surface area contributed by atoms with Crippen LogP contribution in [0.1, 0.15) is 26.7 Å². The molecule has 0 amide bonds. The number of hydrogen-bond acceptors (Lipinski definition) is 4. The van der Waals surface area contributed by atoms with Gasteiger partial charge in [-0.3, -0.25) is 0 Å². The average Bonchev–Trinajstić information content (AvgIpc) is 2.28. The molecule has 2 N–H and O–H groups in total. The van der Waals surface area contributed by atoms with Gasteiger partial charge in [0.15, 0.2) is 0 Å². The van der Waals surface area contributed by atoms with Gasteiger partial charge in [-0.05, 0) is 25.3 Å². The normalized spacial score (nSPS) is 23.2. The molecule has 1 atom stereocenters. The van der Waals surface area contributed by atoms with E-state index in [1.165, 1.54) is 6.26 Å². The molecule has 108 valence electrons. The number of aliphatic hydroxyl groups is 1. The largest absolute Gasteiger partial charge is 0.396 e. The summed E-state index contributed by atoms with van der Waals surface area (Å²) in [6.07, 6.45) is 3.28. The number of aliphatic hydroxyl groups excluding tert-OH is 1. The monoisotopic (exact) mass is 278 g/mol. The third-order valence-electron chi connectivity index (χ3n) is 3.42. The van der Waals surface area contributed by atoms with E-state index in [4.69, 9.17) is 5.11 Å². The van der Waals surface area contributed by atoms with Crippen LogP contribution in [0, 0.1) is 11.3 Å². The van der Waals surface area contributed by atoms with Gasteiger partial charge in [-0.2, -0.15) is 0 Å². The lowest BCUT2D eigenvalue weighted by Gasteiger charge is -2.32. The third kappa shape index (κ3) is 5.22. The summed E-state index contributed by atoms with van der Waals surface area (Å²) in [5.74, 6) is 0.378. The van der Waals surface area contributed by atoms with Crippen molar-refractivity contribution in [3.63, 3.8) is 0 Å². The van der Waals surface area contributed by atoms with E-state index in [1.807, 2.05) is 13.8 Å². The minimum Gasteiger partial charge on any atom is -0.396 e. The standard InChI is InChI=1S/C12H26N2O3S/c1-12(2,10-15)9-13-7-11-5-4-6-14(8-11)18(3,16)17/h11,13,15H,4-10H2,1-3H3. The average molecular weight is 278 g/mol. The first-order valence-electron chi connectivity index (χ1n) is 6.51. The van der Waals surface area contributed by atoms with Crippen molar-refractivity contribution in [2.45, 2.75) is 26.7 Å². The summed E-state index contributed by atoms with van der Waals surface area (Å²) < 4.78 is 24.5. The Morgan fingerprint density at radius 1 is 1.44 bits per heavy atom. The SMILES string of the molecule is CC(C)(CO)CNCC1CCCN(S(C)(=O)=O)C1. The summed E-state index contributed by atoms with van der Waals surface area (Å²) in [7, 11) is -3.05. The van der Waals surface area contributed by atoms with Crippen molar-refractivity contribution in [1.29, 1.82) is 0 Å². The van der Waals surface area contributed by atoms with Gasteiger partial charge in [0.05, 0.1) is 6.26 Å². The van der Waals surface area contributed by atoms with Gasteiger partial charge in [-0.25, -0.2) is 12.7 Å². The Morgan fingerprint density at radius 3 is 2.67 bits per heavy atom. The van der Waals surface area contributed by atoms with Crippen molar-refractivity contribution in [1.82, 2.24) is 9.62 Å². The zero-order valence-electron chi connectivity index (χ0n) is 11.6. The summed E-state index contributed by atoms with van der Waals surface area (Å²) >= 11 is 0. The molecule has 0 spiro atoms. The molecular weight excluding hydrogens is 252 g/mol. The molecule has 0 radical (unpaired) electrons. The summed E-state index contributed by atoms with van der Waals surface area (Å²) in [6.45, 7) is 6.99. The Kier molecular flexibility index (Phi) is 5.58. The lowest BCUT2D eigenvalue weighted by molar-refractivity contribution is 0.153. The van der Waals surface area contributed by atoms with E-state index in [-0.39, 0.29) is 12.0 Å². The summed E-state index contributed by atoms with van der Waals surface area (Å²) in [5.41, 5.74) is -0.120. The van der Waals surface area contributed by atoms with Gasteiger partial charge in [0.2, 0.25) is 10.0 Å². The van der Waals surface area contributed by atoms with E-state index >= 15 is 0 Å². The van der Waals surface area contributed by atoms with Gasteiger partial charge >= 0.3 is 0 Å². The molecule has 1 aliphatic heterocycles. The Labute approximate surface area is 111 Å². The fourth-order valence-electron chi connectivity index (χ4n) is 2.17. The van der Waals surface area contributed by atoms with E-state index < -0.39 is 10.0 Å². The van der Waals surface area contributed by atoms with Crippen LogP contribution in [0.3, 0.4) is 0 Å². The molecule has 1 unspecified atom stereocenters. The second-order valence-corrected chi connectivity index (χ2v) is 8.06. The van der Waals surface area contributed by atoms with E-state index in [2.05, 4.69) is 5.32 Å². The fraction of sp³-hybridized carbons (Fsp3) is 1.00. The topological polar surface area (TPSA) is 69.6 Å². The van der Waals surface area contributed by atoms with Crippen LogP contribution >= 0.6 is 0 Å². The van der Waals surface area contributed by atoms with Gasteiger partial charge in [0.25, 0.3) is 0 Å². The molecule has 18 heavy (non-hydrogen) atoms. The predicted molar refractivity (Wildman–Crippen MR) is 72.9 cm³/mol. The highest BCUT2D eigenvalue weighted by Gasteiger charge is 2.26. The van der Waals surface area contributed by atoms with E-state index in [1.54, 1.807) is 4.31 Å². The van der Waals surface area contributed by atoms with Crippen LogP contribution < -0.4 is 5.32 Å². The maximum atomic E-state index is 11.5. The molecule has 0 bridgehead atoms. The number of rotatable bonds is 6. The molecule has 0 aromatic heterocycles. The van der Waals surface area contributed by atoms with Crippen LogP contribution in [0.5, 0.6) is 0 Å². The van der Waals surface area contributed by atoms with Crippen LogP contribution in [0.4, 0.5) is 0 Å². The predicted octanol–water partition coefficient (Wildman–Crippen LogP) is 0.266. The minimum absolute atomic E-state index is 0.120. The first-order valence-corrected chi connectivity index (χ1v) is 8.36. The smallest absolute Gasteiger partial charge is 0.211 e. The lowest BCUT2D eigenvalue weighted by Crippen LogP contribution is -2.43. The molecule has 5 nitrogen and oxygen atoms in total. The van der Waals surface area contributed by atoms with Gasteiger partial charge < -0.3 is 10.4 Å². The van der Waals surface area contributed by atoms with Gasteiger partial charge in [0.1, 0.15) is 0 Å². The highest BCUT2D eigenvalue weighted by Crippen LogP contribution is 2.18. The fourth-order valence-corrected chi connectivity index (χ4v) is 3.11. The van der Waals surface area contributed by atoms with Gasteiger partial charge in [-0.15, -0.1) is 0 Å². The first-order chi connectivity index (χ1) is 8.24. The Balaban J connectivity index is 2.35. The number of piperidine rings is 1. The quantitative estimate of drug-likeness (QED) is 0.731. The summed E-state index contributed by atoms with van der Waals surface area (Å²) in [5, 5.41) is 12.5. The van der Waals surface area contributed by atoms with Crippen LogP contribution in [0.25, 0.3) is 0 Å². The van der Waals surface area contributed by atoms with Crippen molar-refractivity contribution in [2.24, 2.45) is 11.3 Å². The van der Waals surface area contributed by atoms with Gasteiger partial charge in [0, 0.05) is 31.7 Å². The van der Waals surface area contributed by atoms with Gasteiger partial charge in [-0.1, -0.05) is 13.8 Å². The van der Waals surface area contributed by atoms with Crippen LogP contribution in [0.2, 0.25) is 0 Å². The molecule has 0 saturated carbocycles. The maximum absolute atomic E-state index is 11.5. The second-order valence-electron chi connectivity index (χ2n) is 6.08. The maximum Gasteiger partial charge on any atom is 0.211 e. The molecule has 1 heterocycles.